The van der Waals surface area contributed by atoms with Crippen molar-refractivity contribution in [1.82, 2.24) is 5.32 Å². The van der Waals surface area contributed by atoms with Gasteiger partial charge >= 0.3 is 0 Å². The van der Waals surface area contributed by atoms with Gasteiger partial charge in [-0.15, -0.1) is 6.58 Å². The first-order valence-corrected chi connectivity index (χ1v) is 4.91. The summed E-state index contributed by atoms with van der Waals surface area (Å²) in [6.45, 7) is 8.74. The van der Waals surface area contributed by atoms with Gasteiger partial charge in [0.05, 0.1) is 5.70 Å². The molecule has 0 radical (unpaired) electrons. The highest BCUT2D eigenvalue weighted by atomic mass is 19.1. The van der Waals surface area contributed by atoms with Crippen LogP contribution in [0.1, 0.15) is 20.8 Å². The topological polar surface area (TPSA) is 38.0 Å². The highest BCUT2D eigenvalue weighted by molar-refractivity contribution is 5.32. The molecule has 0 unspecified atom stereocenters. The lowest BCUT2D eigenvalue weighted by Crippen LogP contribution is -2.11. The van der Waals surface area contributed by atoms with E-state index in [9.17, 15) is 8.78 Å². The van der Waals surface area contributed by atoms with E-state index in [1.807, 2.05) is 0 Å². The molecule has 0 spiro atoms. The molecule has 0 saturated carbocycles. The molecular formula is C12H18F2N2. The van der Waals surface area contributed by atoms with Gasteiger partial charge in [0, 0.05) is 18.3 Å². The van der Waals surface area contributed by atoms with Gasteiger partial charge in [0.15, 0.2) is 0 Å². The van der Waals surface area contributed by atoms with Gasteiger partial charge in [0.25, 0.3) is 0 Å². The molecule has 90 valence electrons. The third-order valence-corrected chi connectivity index (χ3v) is 1.92. The summed E-state index contributed by atoms with van der Waals surface area (Å²) in [4.78, 5) is 0. The molecule has 0 saturated heterocycles. The Morgan fingerprint density at radius 2 is 1.88 bits per heavy atom. The lowest BCUT2D eigenvalue weighted by atomic mass is 10.2. The first-order chi connectivity index (χ1) is 7.40. The van der Waals surface area contributed by atoms with Crippen LogP contribution in [0.15, 0.2) is 47.4 Å². The van der Waals surface area contributed by atoms with Crippen molar-refractivity contribution < 1.29 is 8.78 Å². The average Bonchev–Trinajstić information content (AvgIpc) is 2.24. The molecule has 4 heteroatoms. The Morgan fingerprint density at radius 3 is 2.31 bits per heavy atom. The highest BCUT2D eigenvalue weighted by Gasteiger charge is 2.04. The number of hydrogen-bond donors (Lipinski definition) is 2. The van der Waals surface area contributed by atoms with E-state index in [0.717, 1.165) is 6.08 Å². The van der Waals surface area contributed by atoms with Gasteiger partial charge in [-0.1, -0.05) is 11.6 Å². The number of allylic oxidation sites excluding steroid dienone is 5. The predicted octanol–water partition coefficient (Wildman–Crippen LogP) is 3.07. The van der Waals surface area contributed by atoms with Gasteiger partial charge in [-0.2, -0.15) is 0 Å². The van der Waals surface area contributed by atoms with E-state index < -0.39 is 11.7 Å². The maximum Gasteiger partial charge on any atom is 0.148 e. The Bertz CT molecular complexity index is 348. The summed E-state index contributed by atoms with van der Waals surface area (Å²) in [5, 5.41) is 2.72. The summed E-state index contributed by atoms with van der Waals surface area (Å²) in [6, 6.07) is 0. The minimum atomic E-state index is -0.766. The predicted molar refractivity (Wildman–Crippen MR) is 63.8 cm³/mol. The minimum Gasteiger partial charge on any atom is -0.396 e. The Hall–Kier alpha value is -1.58. The molecular weight excluding hydrogens is 210 g/mol. The zero-order chi connectivity index (χ0) is 12.7. The van der Waals surface area contributed by atoms with E-state index in [1.54, 1.807) is 19.9 Å². The molecule has 0 aromatic rings. The van der Waals surface area contributed by atoms with Gasteiger partial charge in [0.1, 0.15) is 11.7 Å². The number of rotatable bonds is 5. The third kappa shape index (κ3) is 4.77. The van der Waals surface area contributed by atoms with Crippen molar-refractivity contribution in [2.75, 3.05) is 6.54 Å². The van der Waals surface area contributed by atoms with E-state index in [0.29, 0.717) is 12.1 Å². The average molecular weight is 228 g/mol. The summed E-state index contributed by atoms with van der Waals surface area (Å²) in [5.74, 6) is -1.44. The van der Waals surface area contributed by atoms with Crippen LogP contribution in [0.25, 0.3) is 0 Å². The molecule has 0 aliphatic rings. The van der Waals surface area contributed by atoms with Crippen molar-refractivity contribution in [3.05, 3.63) is 47.4 Å². The second-order valence-electron chi connectivity index (χ2n) is 3.55. The Morgan fingerprint density at radius 1 is 1.31 bits per heavy atom. The third-order valence-electron chi connectivity index (χ3n) is 1.92. The molecule has 16 heavy (non-hydrogen) atoms. The van der Waals surface area contributed by atoms with E-state index >= 15 is 0 Å². The monoisotopic (exact) mass is 228 g/mol. The normalized spacial score (nSPS) is 12.9. The molecule has 2 nitrogen and oxygen atoms in total. The van der Waals surface area contributed by atoms with Gasteiger partial charge in [-0.25, -0.2) is 8.78 Å². The SMILES string of the molecule is C=CCN/C(C)=C(F)/C=C(/F)C(N)=C(C)C. The van der Waals surface area contributed by atoms with Crippen molar-refractivity contribution in [3.63, 3.8) is 0 Å². The Kier molecular flexibility index (Phi) is 6.15. The quantitative estimate of drug-likeness (QED) is 0.560. The molecule has 0 aromatic carbocycles. The first kappa shape index (κ1) is 14.4. The van der Waals surface area contributed by atoms with Crippen LogP contribution < -0.4 is 11.1 Å². The fraction of sp³-hybridized carbons (Fsp3) is 0.333. The van der Waals surface area contributed by atoms with Crippen LogP contribution in [0.4, 0.5) is 8.78 Å². The second-order valence-corrected chi connectivity index (χ2v) is 3.55. The molecule has 3 N–H and O–H groups in total. The summed E-state index contributed by atoms with van der Waals surface area (Å²) in [6.07, 6.45) is 2.36. The van der Waals surface area contributed by atoms with Crippen LogP contribution in [-0.2, 0) is 0 Å². The summed E-state index contributed by atoms with van der Waals surface area (Å²) < 4.78 is 26.7. The Labute approximate surface area is 95.2 Å². The van der Waals surface area contributed by atoms with Gasteiger partial charge < -0.3 is 11.1 Å². The van der Waals surface area contributed by atoms with Gasteiger partial charge in [-0.3, -0.25) is 0 Å². The molecule has 0 amide bonds. The zero-order valence-electron chi connectivity index (χ0n) is 9.90. The lowest BCUT2D eigenvalue weighted by Gasteiger charge is -2.04. The van der Waals surface area contributed by atoms with Crippen LogP contribution in [0, 0.1) is 0 Å². The fourth-order valence-corrected chi connectivity index (χ4v) is 0.846. The number of nitrogens with one attached hydrogen (secondary N) is 1. The zero-order valence-corrected chi connectivity index (χ0v) is 9.90. The highest BCUT2D eigenvalue weighted by Crippen LogP contribution is 2.15. The van der Waals surface area contributed by atoms with Crippen LogP contribution in [0.3, 0.4) is 0 Å². The maximum atomic E-state index is 13.4. The standard InChI is InChI=1S/C12H18F2N2/c1-5-6-16-9(4)10(13)7-11(14)12(15)8(2)3/h5,7,16H,1,6,15H2,2-4H3/b10-9-,11-7+. The van der Waals surface area contributed by atoms with Crippen molar-refractivity contribution in [3.8, 4) is 0 Å². The second kappa shape index (κ2) is 6.82. The number of hydrogen-bond acceptors (Lipinski definition) is 2. The van der Waals surface area contributed by atoms with Gasteiger partial charge in [-0.05, 0) is 20.8 Å². The van der Waals surface area contributed by atoms with Crippen LogP contribution in [0.2, 0.25) is 0 Å². The summed E-state index contributed by atoms with van der Waals surface area (Å²) in [5.41, 5.74) is 6.24. The molecule has 0 heterocycles. The molecule has 0 bridgehead atoms. The van der Waals surface area contributed by atoms with E-state index in [2.05, 4.69) is 11.9 Å². The lowest BCUT2D eigenvalue weighted by molar-refractivity contribution is 0.604. The van der Waals surface area contributed by atoms with Gasteiger partial charge in [0.2, 0.25) is 0 Å². The molecule has 0 rings (SSSR count). The van der Waals surface area contributed by atoms with E-state index in [4.69, 9.17) is 5.73 Å². The van der Waals surface area contributed by atoms with Crippen LogP contribution in [0.5, 0.6) is 0 Å². The van der Waals surface area contributed by atoms with E-state index in [1.165, 1.54) is 6.92 Å². The largest absolute Gasteiger partial charge is 0.396 e. The number of halogens is 2. The maximum absolute atomic E-state index is 13.4. The fourth-order valence-electron chi connectivity index (χ4n) is 0.846. The molecule has 0 atom stereocenters. The minimum absolute atomic E-state index is 0.0355. The molecule has 0 aliphatic heterocycles. The van der Waals surface area contributed by atoms with Crippen LogP contribution >= 0.6 is 0 Å². The van der Waals surface area contributed by atoms with Crippen LogP contribution in [-0.4, -0.2) is 6.54 Å². The van der Waals surface area contributed by atoms with Crippen molar-refractivity contribution >= 4 is 0 Å². The molecule has 0 aliphatic carbocycles. The number of nitrogens with two attached hydrogens (primary N) is 1. The molecule has 0 aromatic heterocycles. The smallest absolute Gasteiger partial charge is 0.148 e. The summed E-state index contributed by atoms with van der Waals surface area (Å²) in [7, 11) is 0. The van der Waals surface area contributed by atoms with Crippen molar-refractivity contribution in [2.24, 2.45) is 5.73 Å². The van der Waals surface area contributed by atoms with E-state index in [-0.39, 0.29) is 11.4 Å². The summed E-state index contributed by atoms with van der Waals surface area (Å²) >= 11 is 0. The van der Waals surface area contributed by atoms with Crippen molar-refractivity contribution in [1.29, 1.82) is 0 Å². The first-order valence-electron chi connectivity index (χ1n) is 4.91. The Balaban J connectivity index is 4.88. The molecule has 0 fully saturated rings. The van der Waals surface area contributed by atoms with Crippen molar-refractivity contribution in [2.45, 2.75) is 20.8 Å².